The molecular formula is C6H5ClINO2. The molecule has 1 rings (SSSR count). The van der Waals surface area contributed by atoms with Crippen molar-refractivity contribution in [2.75, 3.05) is 7.11 Å². The molecule has 0 aliphatic carbocycles. The molecule has 0 saturated heterocycles. The van der Waals surface area contributed by atoms with Gasteiger partial charge in [-0.2, -0.15) is 0 Å². The minimum atomic E-state index is -0.408. The second-order valence-corrected chi connectivity index (χ2v) is 3.32. The highest BCUT2D eigenvalue weighted by atomic mass is 127. The molecule has 0 aliphatic heterocycles. The highest BCUT2D eigenvalue weighted by molar-refractivity contribution is 14.1. The first-order valence-corrected chi connectivity index (χ1v) is 4.23. The van der Waals surface area contributed by atoms with Crippen LogP contribution in [0.25, 0.3) is 0 Å². The zero-order valence-corrected chi connectivity index (χ0v) is 8.56. The molecule has 1 heterocycles. The third-order valence-electron chi connectivity index (χ3n) is 1.13. The Bertz CT molecular complexity index is 265. The second kappa shape index (κ2) is 3.44. The molecule has 0 radical (unpaired) electrons. The molecule has 1 aromatic rings. The number of esters is 1. The topological polar surface area (TPSA) is 42.1 Å². The molecular weight excluding hydrogens is 280 g/mol. The van der Waals surface area contributed by atoms with E-state index < -0.39 is 5.97 Å². The molecule has 11 heavy (non-hydrogen) atoms. The Morgan fingerprint density at radius 1 is 1.82 bits per heavy atom. The molecule has 0 amide bonds. The number of aromatic nitrogens is 1. The summed E-state index contributed by atoms with van der Waals surface area (Å²) in [7, 11) is 1.32. The van der Waals surface area contributed by atoms with Gasteiger partial charge < -0.3 is 9.72 Å². The van der Waals surface area contributed by atoms with Gasteiger partial charge in [-0.3, -0.25) is 0 Å². The normalized spacial score (nSPS) is 9.73. The van der Waals surface area contributed by atoms with Crippen molar-refractivity contribution in [1.82, 2.24) is 4.98 Å². The predicted octanol–water partition coefficient (Wildman–Crippen LogP) is 2.06. The van der Waals surface area contributed by atoms with Gasteiger partial charge in [0.25, 0.3) is 0 Å². The number of nitrogens with one attached hydrogen (secondary N) is 1. The summed E-state index contributed by atoms with van der Waals surface area (Å²) >= 11 is 7.68. The standard InChI is InChI=1S/C6H5ClINO2/c1-11-6(10)4-2-3(7)5(8)9-4/h2,9H,1H3. The van der Waals surface area contributed by atoms with E-state index in [0.717, 1.165) is 3.70 Å². The van der Waals surface area contributed by atoms with Gasteiger partial charge in [-0.25, -0.2) is 4.79 Å². The lowest BCUT2D eigenvalue weighted by Gasteiger charge is -1.91. The molecule has 0 aromatic carbocycles. The highest BCUT2D eigenvalue weighted by Gasteiger charge is 2.10. The minimum Gasteiger partial charge on any atom is -0.464 e. The maximum atomic E-state index is 10.9. The number of methoxy groups -OCH3 is 1. The third kappa shape index (κ3) is 1.87. The second-order valence-electron chi connectivity index (χ2n) is 1.84. The number of halogens is 2. The molecule has 3 nitrogen and oxygen atoms in total. The predicted molar refractivity (Wildman–Crippen MR) is 49.9 cm³/mol. The highest BCUT2D eigenvalue weighted by Crippen LogP contribution is 2.18. The maximum Gasteiger partial charge on any atom is 0.354 e. The fourth-order valence-corrected chi connectivity index (χ4v) is 1.23. The average molecular weight is 285 g/mol. The molecule has 0 saturated carbocycles. The van der Waals surface area contributed by atoms with Gasteiger partial charge in [-0.15, -0.1) is 0 Å². The SMILES string of the molecule is COC(=O)c1cc(Cl)c(I)[nH]1. The summed E-state index contributed by atoms with van der Waals surface area (Å²) in [6.45, 7) is 0. The number of carbonyl (C=O) groups excluding carboxylic acids is 1. The molecule has 60 valence electrons. The van der Waals surface area contributed by atoms with Gasteiger partial charge in [0, 0.05) is 0 Å². The molecule has 5 heteroatoms. The lowest BCUT2D eigenvalue weighted by Crippen LogP contribution is -2.00. The molecule has 0 bridgehead atoms. The molecule has 0 spiro atoms. The maximum absolute atomic E-state index is 10.9. The quantitative estimate of drug-likeness (QED) is 0.634. The summed E-state index contributed by atoms with van der Waals surface area (Å²) in [4.78, 5) is 13.6. The largest absolute Gasteiger partial charge is 0.464 e. The monoisotopic (exact) mass is 285 g/mol. The van der Waals surface area contributed by atoms with Crippen LogP contribution in [0.15, 0.2) is 6.07 Å². The molecule has 0 aliphatic rings. The first-order valence-electron chi connectivity index (χ1n) is 2.77. The third-order valence-corrected chi connectivity index (χ3v) is 2.60. The summed E-state index contributed by atoms with van der Waals surface area (Å²) < 4.78 is 5.21. The van der Waals surface area contributed by atoms with Crippen molar-refractivity contribution >= 4 is 40.2 Å². The van der Waals surface area contributed by atoms with Gasteiger partial charge in [0.15, 0.2) is 0 Å². The van der Waals surface area contributed by atoms with Crippen LogP contribution in [-0.4, -0.2) is 18.1 Å². The summed E-state index contributed by atoms with van der Waals surface area (Å²) in [5.41, 5.74) is 0.377. The molecule has 0 atom stereocenters. The fraction of sp³-hybridized carbons (Fsp3) is 0.167. The van der Waals surface area contributed by atoms with E-state index in [4.69, 9.17) is 11.6 Å². The van der Waals surface area contributed by atoms with Crippen LogP contribution in [0, 0.1) is 3.70 Å². The number of hydrogen-bond acceptors (Lipinski definition) is 2. The van der Waals surface area contributed by atoms with Crippen LogP contribution in [0.2, 0.25) is 5.02 Å². The number of rotatable bonds is 1. The van der Waals surface area contributed by atoms with Crippen LogP contribution in [0.5, 0.6) is 0 Å². The first-order chi connectivity index (χ1) is 5.15. The molecule has 1 N–H and O–H groups in total. The van der Waals surface area contributed by atoms with Crippen molar-refractivity contribution in [1.29, 1.82) is 0 Å². The van der Waals surface area contributed by atoms with E-state index in [1.165, 1.54) is 13.2 Å². The van der Waals surface area contributed by atoms with Gasteiger partial charge in [-0.05, 0) is 28.7 Å². The Balaban J connectivity index is 2.97. The zero-order valence-electron chi connectivity index (χ0n) is 5.65. The summed E-state index contributed by atoms with van der Waals surface area (Å²) in [6, 6.07) is 1.54. The van der Waals surface area contributed by atoms with E-state index in [0.29, 0.717) is 10.7 Å². The van der Waals surface area contributed by atoms with E-state index in [1.807, 2.05) is 22.6 Å². The van der Waals surface area contributed by atoms with Crippen molar-refractivity contribution < 1.29 is 9.53 Å². The van der Waals surface area contributed by atoms with Crippen LogP contribution < -0.4 is 0 Å². The van der Waals surface area contributed by atoms with Crippen LogP contribution in [0.3, 0.4) is 0 Å². The van der Waals surface area contributed by atoms with Crippen LogP contribution in [0.1, 0.15) is 10.5 Å². The summed E-state index contributed by atoms with van der Waals surface area (Å²) in [5.74, 6) is -0.408. The molecule has 0 fully saturated rings. The van der Waals surface area contributed by atoms with Gasteiger partial charge in [0.05, 0.1) is 15.8 Å². The first kappa shape index (κ1) is 8.86. The van der Waals surface area contributed by atoms with Crippen molar-refractivity contribution in [2.45, 2.75) is 0 Å². The van der Waals surface area contributed by atoms with Crippen molar-refractivity contribution in [2.24, 2.45) is 0 Å². The van der Waals surface area contributed by atoms with Crippen molar-refractivity contribution in [3.05, 3.63) is 20.5 Å². The lowest BCUT2D eigenvalue weighted by atomic mass is 10.4. The molecule has 1 aromatic heterocycles. The van der Waals surface area contributed by atoms with Crippen molar-refractivity contribution in [3.63, 3.8) is 0 Å². The Kier molecular flexibility index (Phi) is 2.78. The van der Waals surface area contributed by atoms with E-state index >= 15 is 0 Å². The number of hydrogen-bond donors (Lipinski definition) is 1. The smallest absolute Gasteiger partial charge is 0.354 e. The summed E-state index contributed by atoms with van der Waals surface area (Å²) in [6.07, 6.45) is 0. The van der Waals surface area contributed by atoms with E-state index in [1.54, 1.807) is 0 Å². The van der Waals surface area contributed by atoms with E-state index in [-0.39, 0.29) is 0 Å². The Morgan fingerprint density at radius 2 is 2.45 bits per heavy atom. The Labute approximate surface area is 82.2 Å². The average Bonchev–Trinajstić information content (AvgIpc) is 2.31. The van der Waals surface area contributed by atoms with Crippen LogP contribution in [0.4, 0.5) is 0 Å². The minimum absolute atomic E-state index is 0.377. The Hall–Kier alpha value is -0.230. The van der Waals surface area contributed by atoms with Crippen LogP contribution >= 0.6 is 34.2 Å². The Morgan fingerprint density at radius 3 is 2.82 bits per heavy atom. The van der Waals surface area contributed by atoms with E-state index in [2.05, 4.69) is 9.72 Å². The zero-order chi connectivity index (χ0) is 8.43. The van der Waals surface area contributed by atoms with E-state index in [9.17, 15) is 4.79 Å². The lowest BCUT2D eigenvalue weighted by molar-refractivity contribution is 0.0594. The van der Waals surface area contributed by atoms with Gasteiger partial charge in [-0.1, -0.05) is 11.6 Å². The summed E-state index contributed by atoms with van der Waals surface area (Å²) in [5, 5.41) is 0.533. The van der Waals surface area contributed by atoms with Crippen molar-refractivity contribution in [3.8, 4) is 0 Å². The fourth-order valence-electron chi connectivity index (χ4n) is 0.624. The number of H-pyrrole nitrogens is 1. The number of ether oxygens (including phenoxy) is 1. The van der Waals surface area contributed by atoms with Gasteiger partial charge in [0.2, 0.25) is 0 Å². The molecule has 0 unspecified atom stereocenters. The number of aromatic amines is 1. The van der Waals surface area contributed by atoms with Gasteiger partial charge >= 0.3 is 5.97 Å². The van der Waals surface area contributed by atoms with Gasteiger partial charge in [0.1, 0.15) is 5.69 Å². The van der Waals surface area contributed by atoms with Crippen LogP contribution in [-0.2, 0) is 4.74 Å². The number of carbonyl (C=O) groups is 1.